The number of ether oxygens (including phenoxy) is 1. The molecule has 0 saturated heterocycles. The van der Waals surface area contributed by atoms with E-state index in [0.29, 0.717) is 11.4 Å². The number of phenolic OH excluding ortho intramolecular Hbond substituents is 1. The predicted octanol–water partition coefficient (Wildman–Crippen LogP) is 3.78. The van der Waals surface area contributed by atoms with E-state index in [1.54, 1.807) is 17.6 Å². The molecule has 1 aromatic heterocycles. The van der Waals surface area contributed by atoms with Crippen molar-refractivity contribution in [1.82, 2.24) is 4.57 Å². The third-order valence-electron chi connectivity index (χ3n) is 4.80. The summed E-state index contributed by atoms with van der Waals surface area (Å²) >= 11 is 0. The Kier molecular flexibility index (Phi) is 5.88. The smallest absolute Gasteiger partial charge is 0.342 e. The van der Waals surface area contributed by atoms with Crippen LogP contribution >= 0.6 is 0 Å². The lowest BCUT2D eigenvalue weighted by atomic mass is 10.1. The molecule has 1 amide bonds. The second-order valence-corrected chi connectivity index (χ2v) is 6.86. The molecule has 0 fully saturated rings. The number of hydrogen-bond donors (Lipinski definition) is 2. The highest BCUT2D eigenvalue weighted by atomic mass is 16.5. The zero-order valence-electron chi connectivity index (χ0n) is 16.9. The Morgan fingerprint density at radius 3 is 2.50 bits per heavy atom. The summed E-state index contributed by atoms with van der Waals surface area (Å²) in [6.07, 6.45) is 0. The summed E-state index contributed by atoms with van der Waals surface area (Å²) in [4.78, 5) is 24.7. The lowest BCUT2D eigenvalue weighted by Gasteiger charge is -2.13. The summed E-state index contributed by atoms with van der Waals surface area (Å²) in [7, 11) is 0. The Balaban J connectivity index is 1.82. The van der Waals surface area contributed by atoms with Gasteiger partial charge in [-0.3, -0.25) is 9.36 Å². The van der Waals surface area contributed by atoms with Gasteiger partial charge in [0.05, 0.1) is 5.56 Å². The number of carbonyl (C=O) groups is 2. The molecule has 0 aliphatic rings. The van der Waals surface area contributed by atoms with Crippen LogP contribution in [-0.4, -0.2) is 28.2 Å². The highest BCUT2D eigenvalue weighted by Gasteiger charge is 2.21. The fourth-order valence-electron chi connectivity index (χ4n) is 3.15. The first-order valence-electron chi connectivity index (χ1n) is 9.27. The van der Waals surface area contributed by atoms with Crippen molar-refractivity contribution in [3.63, 3.8) is 0 Å². The van der Waals surface area contributed by atoms with Crippen LogP contribution in [0.1, 0.15) is 32.7 Å². The molecule has 1 heterocycles. The summed E-state index contributed by atoms with van der Waals surface area (Å²) in [6.45, 7) is 4.88. The topological polar surface area (TPSA) is 104 Å². The number of aryl methyl sites for hydroxylation is 1. The van der Waals surface area contributed by atoms with Gasteiger partial charge in [-0.1, -0.05) is 29.8 Å². The molecule has 0 saturated carbocycles. The number of benzene rings is 2. The molecule has 0 spiro atoms. The quantitative estimate of drug-likeness (QED) is 0.631. The van der Waals surface area contributed by atoms with Crippen LogP contribution in [-0.2, 0) is 9.53 Å². The lowest BCUT2D eigenvalue weighted by Crippen LogP contribution is -2.23. The van der Waals surface area contributed by atoms with Gasteiger partial charge >= 0.3 is 5.97 Å². The number of aromatic nitrogens is 1. The highest BCUT2D eigenvalue weighted by Crippen LogP contribution is 2.30. The molecule has 2 aromatic carbocycles. The molecule has 0 unspecified atom stereocenters. The minimum Gasteiger partial charge on any atom is -0.507 e. The van der Waals surface area contributed by atoms with Gasteiger partial charge in [0.1, 0.15) is 23.2 Å². The average molecular weight is 403 g/mol. The standard InChI is InChI=1S/C23H21N3O4/c1-14-9-10-20(27)18(11-14)23(29)30-13-21(28)25-22-19(12-24)15(2)16(3)26(22)17-7-5-4-6-8-17/h4-11,27H,13H2,1-3H3,(H,25,28). The third-order valence-corrected chi connectivity index (χ3v) is 4.80. The number of phenols is 1. The Hall–Kier alpha value is -4.05. The van der Waals surface area contributed by atoms with Crippen LogP contribution in [0.25, 0.3) is 5.69 Å². The number of nitrogens with zero attached hydrogens (tertiary/aromatic N) is 2. The van der Waals surface area contributed by atoms with Crippen LogP contribution in [0.5, 0.6) is 5.75 Å². The third kappa shape index (κ3) is 4.03. The van der Waals surface area contributed by atoms with Gasteiger partial charge in [-0.25, -0.2) is 4.79 Å². The number of aromatic hydroxyl groups is 1. The summed E-state index contributed by atoms with van der Waals surface area (Å²) < 4.78 is 6.83. The SMILES string of the molecule is Cc1ccc(O)c(C(=O)OCC(=O)Nc2c(C#N)c(C)c(C)n2-c2ccccc2)c1. The zero-order valence-corrected chi connectivity index (χ0v) is 16.9. The van der Waals surface area contributed by atoms with E-state index in [1.165, 1.54) is 12.1 Å². The second kappa shape index (κ2) is 8.53. The Morgan fingerprint density at radius 1 is 1.13 bits per heavy atom. The van der Waals surface area contributed by atoms with Crippen molar-refractivity contribution in [2.75, 3.05) is 11.9 Å². The zero-order chi connectivity index (χ0) is 21.8. The number of carbonyl (C=O) groups excluding carboxylic acids is 2. The normalized spacial score (nSPS) is 10.3. The van der Waals surface area contributed by atoms with Gasteiger partial charge in [0.25, 0.3) is 5.91 Å². The summed E-state index contributed by atoms with van der Waals surface area (Å²) in [6, 6.07) is 16.0. The molecule has 7 nitrogen and oxygen atoms in total. The second-order valence-electron chi connectivity index (χ2n) is 6.86. The molecule has 0 bridgehead atoms. The van der Waals surface area contributed by atoms with Crippen molar-refractivity contribution in [2.45, 2.75) is 20.8 Å². The van der Waals surface area contributed by atoms with Crippen LogP contribution in [0.2, 0.25) is 0 Å². The van der Waals surface area contributed by atoms with Gasteiger partial charge in [0, 0.05) is 11.4 Å². The number of amides is 1. The minimum atomic E-state index is -0.808. The van der Waals surface area contributed by atoms with Crippen molar-refractivity contribution in [2.24, 2.45) is 0 Å². The fraction of sp³-hybridized carbons (Fsp3) is 0.174. The van der Waals surface area contributed by atoms with E-state index in [0.717, 1.165) is 22.5 Å². The van der Waals surface area contributed by atoms with E-state index in [2.05, 4.69) is 11.4 Å². The molecule has 3 rings (SSSR count). The van der Waals surface area contributed by atoms with Gasteiger partial charge in [0.2, 0.25) is 0 Å². The van der Waals surface area contributed by atoms with Crippen LogP contribution in [0, 0.1) is 32.1 Å². The van der Waals surface area contributed by atoms with E-state index < -0.39 is 18.5 Å². The van der Waals surface area contributed by atoms with E-state index in [4.69, 9.17) is 4.74 Å². The maximum Gasteiger partial charge on any atom is 0.342 e. The number of nitrogens with one attached hydrogen (secondary N) is 1. The summed E-state index contributed by atoms with van der Waals surface area (Å²) in [5.74, 6) is -1.31. The van der Waals surface area contributed by atoms with Gasteiger partial charge in [-0.2, -0.15) is 5.26 Å². The lowest BCUT2D eigenvalue weighted by molar-refractivity contribution is -0.119. The molecule has 152 valence electrons. The van der Waals surface area contributed by atoms with Crippen molar-refractivity contribution in [1.29, 1.82) is 5.26 Å². The Morgan fingerprint density at radius 2 is 1.83 bits per heavy atom. The fourth-order valence-corrected chi connectivity index (χ4v) is 3.15. The Labute approximate surface area is 174 Å². The van der Waals surface area contributed by atoms with Gasteiger partial charge in [-0.05, 0) is 50.6 Å². The predicted molar refractivity (Wildman–Crippen MR) is 112 cm³/mol. The van der Waals surface area contributed by atoms with Gasteiger partial charge in [0.15, 0.2) is 6.61 Å². The molecule has 7 heteroatoms. The first-order chi connectivity index (χ1) is 14.3. The van der Waals surface area contributed by atoms with E-state index in [1.807, 2.05) is 44.2 Å². The number of para-hydroxylation sites is 1. The summed E-state index contributed by atoms with van der Waals surface area (Å²) in [5, 5.41) is 22.1. The van der Waals surface area contributed by atoms with Crippen LogP contribution < -0.4 is 5.32 Å². The number of esters is 1. The molecule has 2 N–H and O–H groups in total. The van der Waals surface area contributed by atoms with Crippen LogP contribution in [0.4, 0.5) is 5.82 Å². The molecule has 0 aliphatic heterocycles. The van der Waals surface area contributed by atoms with Gasteiger partial charge < -0.3 is 15.2 Å². The van der Waals surface area contributed by atoms with Crippen molar-refractivity contribution < 1.29 is 19.4 Å². The maximum atomic E-state index is 12.5. The molecule has 3 aromatic rings. The number of nitriles is 1. The van der Waals surface area contributed by atoms with E-state index in [9.17, 15) is 20.0 Å². The first-order valence-corrected chi connectivity index (χ1v) is 9.27. The molecule has 0 atom stereocenters. The first kappa shape index (κ1) is 20.7. The van der Waals surface area contributed by atoms with E-state index in [-0.39, 0.29) is 11.3 Å². The molecular formula is C23H21N3O4. The van der Waals surface area contributed by atoms with E-state index >= 15 is 0 Å². The number of anilines is 1. The summed E-state index contributed by atoms with van der Waals surface area (Å²) in [5.41, 5.74) is 3.45. The molecular weight excluding hydrogens is 382 g/mol. The van der Waals surface area contributed by atoms with Crippen molar-refractivity contribution >= 4 is 17.7 Å². The van der Waals surface area contributed by atoms with Crippen LogP contribution in [0.15, 0.2) is 48.5 Å². The van der Waals surface area contributed by atoms with Crippen molar-refractivity contribution in [3.05, 3.63) is 76.5 Å². The minimum absolute atomic E-state index is 0.0140. The number of rotatable bonds is 5. The Bertz CT molecular complexity index is 1160. The maximum absolute atomic E-state index is 12.5. The van der Waals surface area contributed by atoms with Crippen molar-refractivity contribution in [3.8, 4) is 17.5 Å². The average Bonchev–Trinajstić information content (AvgIpc) is 2.97. The molecule has 0 aliphatic carbocycles. The molecule has 30 heavy (non-hydrogen) atoms. The van der Waals surface area contributed by atoms with Gasteiger partial charge in [-0.15, -0.1) is 0 Å². The van der Waals surface area contributed by atoms with Crippen LogP contribution in [0.3, 0.4) is 0 Å². The monoisotopic (exact) mass is 403 g/mol. The largest absolute Gasteiger partial charge is 0.507 e. The highest BCUT2D eigenvalue weighted by molar-refractivity contribution is 5.97. The number of hydrogen-bond acceptors (Lipinski definition) is 5. The molecule has 0 radical (unpaired) electrons.